The van der Waals surface area contributed by atoms with Gasteiger partial charge >= 0.3 is 5.69 Å². The minimum Gasteiger partial charge on any atom is -0.280 e. The van der Waals surface area contributed by atoms with Crippen molar-refractivity contribution in [1.29, 1.82) is 0 Å². The van der Waals surface area contributed by atoms with E-state index in [0.717, 1.165) is 5.69 Å². The second kappa shape index (κ2) is 5.44. The Balaban J connectivity index is 2.35. The largest absolute Gasteiger partial charge is 0.329 e. The maximum Gasteiger partial charge on any atom is 0.329 e. The number of aromatic nitrogens is 5. The maximum absolute atomic E-state index is 11.8. The zero-order valence-corrected chi connectivity index (χ0v) is 12.1. The van der Waals surface area contributed by atoms with Gasteiger partial charge in [0.15, 0.2) is 0 Å². The average molecular weight is 277 g/mol. The first kappa shape index (κ1) is 14.2. The normalized spacial score (nSPS) is 11.5. The van der Waals surface area contributed by atoms with Crippen LogP contribution in [0.1, 0.15) is 50.8 Å². The van der Waals surface area contributed by atoms with Gasteiger partial charge < -0.3 is 0 Å². The van der Waals surface area contributed by atoms with Crippen LogP contribution in [0.15, 0.2) is 22.0 Å². The third kappa shape index (κ3) is 2.87. The molecule has 0 aliphatic heterocycles. The van der Waals surface area contributed by atoms with Gasteiger partial charge in [-0.25, -0.2) is 9.48 Å². The van der Waals surface area contributed by atoms with Gasteiger partial charge in [-0.1, -0.05) is 32.9 Å². The van der Waals surface area contributed by atoms with Gasteiger partial charge in [0.2, 0.25) is 0 Å². The van der Waals surface area contributed by atoms with Crippen LogP contribution in [-0.4, -0.2) is 24.5 Å². The highest BCUT2D eigenvalue weighted by Gasteiger charge is 2.10. The Morgan fingerprint density at radius 2 is 1.85 bits per heavy atom. The van der Waals surface area contributed by atoms with Crippen molar-refractivity contribution in [2.24, 2.45) is 0 Å². The molecule has 0 fully saturated rings. The molecular formula is C13H19N5O2. The summed E-state index contributed by atoms with van der Waals surface area (Å²) >= 11 is 0. The highest BCUT2D eigenvalue weighted by atomic mass is 16.2. The van der Waals surface area contributed by atoms with Gasteiger partial charge in [0.05, 0.1) is 11.9 Å². The molecule has 0 aliphatic rings. The fourth-order valence-corrected chi connectivity index (χ4v) is 1.85. The van der Waals surface area contributed by atoms with Crippen LogP contribution in [0.2, 0.25) is 0 Å². The SMILES string of the molecule is CC(C)c1cn(Cn2cc(C(C)C)c(=O)[nH]c2=O)nn1. The van der Waals surface area contributed by atoms with Gasteiger partial charge in [0.1, 0.15) is 6.67 Å². The summed E-state index contributed by atoms with van der Waals surface area (Å²) < 4.78 is 3.01. The third-order valence-electron chi connectivity index (χ3n) is 3.11. The van der Waals surface area contributed by atoms with Crippen LogP contribution in [0.5, 0.6) is 0 Å². The molecule has 20 heavy (non-hydrogen) atoms. The number of hydrogen-bond donors (Lipinski definition) is 1. The Morgan fingerprint density at radius 3 is 2.40 bits per heavy atom. The van der Waals surface area contributed by atoms with Crippen LogP contribution in [-0.2, 0) is 6.67 Å². The lowest BCUT2D eigenvalue weighted by atomic mass is 10.1. The van der Waals surface area contributed by atoms with E-state index in [4.69, 9.17) is 0 Å². The number of aromatic amines is 1. The molecule has 1 N–H and O–H groups in total. The molecule has 0 saturated heterocycles. The minimum absolute atomic E-state index is 0.0487. The predicted octanol–water partition coefficient (Wildman–Crippen LogP) is 0.881. The van der Waals surface area contributed by atoms with Gasteiger partial charge in [-0.15, -0.1) is 5.10 Å². The summed E-state index contributed by atoms with van der Waals surface area (Å²) in [4.78, 5) is 25.8. The smallest absolute Gasteiger partial charge is 0.280 e. The molecule has 0 atom stereocenters. The summed E-state index contributed by atoms with van der Waals surface area (Å²) in [6.07, 6.45) is 3.39. The van der Waals surface area contributed by atoms with E-state index in [-0.39, 0.29) is 24.1 Å². The highest BCUT2D eigenvalue weighted by Crippen LogP contribution is 2.09. The Bertz CT molecular complexity index is 708. The number of nitrogens with one attached hydrogen (secondary N) is 1. The molecular weight excluding hydrogens is 258 g/mol. The van der Waals surface area contributed by atoms with E-state index in [1.165, 1.54) is 4.57 Å². The van der Waals surface area contributed by atoms with Crippen LogP contribution < -0.4 is 11.2 Å². The van der Waals surface area contributed by atoms with E-state index in [1.54, 1.807) is 17.1 Å². The maximum atomic E-state index is 11.8. The molecule has 7 heteroatoms. The summed E-state index contributed by atoms with van der Waals surface area (Å²) in [5, 5.41) is 8.03. The first-order valence-electron chi connectivity index (χ1n) is 6.62. The van der Waals surface area contributed by atoms with Crippen molar-refractivity contribution in [3.05, 3.63) is 44.5 Å². The molecule has 0 amide bonds. The lowest BCUT2D eigenvalue weighted by molar-refractivity contribution is 0.504. The van der Waals surface area contributed by atoms with Crippen molar-refractivity contribution in [3.63, 3.8) is 0 Å². The van der Waals surface area contributed by atoms with Crippen LogP contribution in [0, 0.1) is 0 Å². The molecule has 2 aromatic rings. The molecule has 7 nitrogen and oxygen atoms in total. The quantitative estimate of drug-likeness (QED) is 0.899. The highest BCUT2D eigenvalue weighted by molar-refractivity contribution is 5.09. The summed E-state index contributed by atoms with van der Waals surface area (Å²) in [5.74, 6) is 0.329. The minimum atomic E-state index is -0.444. The van der Waals surface area contributed by atoms with Crippen molar-refractivity contribution < 1.29 is 0 Å². The number of nitrogens with zero attached hydrogens (tertiary/aromatic N) is 4. The lowest BCUT2D eigenvalue weighted by Crippen LogP contribution is -2.33. The topological polar surface area (TPSA) is 85.6 Å². The Kier molecular flexibility index (Phi) is 3.87. The van der Waals surface area contributed by atoms with Crippen molar-refractivity contribution in [2.45, 2.75) is 46.2 Å². The van der Waals surface area contributed by atoms with E-state index >= 15 is 0 Å². The van der Waals surface area contributed by atoms with E-state index in [1.807, 2.05) is 27.7 Å². The Morgan fingerprint density at radius 1 is 1.15 bits per heavy atom. The summed E-state index contributed by atoms with van der Waals surface area (Å²) in [6.45, 7) is 8.10. The molecule has 0 spiro atoms. The van der Waals surface area contributed by atoms with Crippen molar-refractivity contribution in [3.8, 4) is 0 Å². The molecule has 0 saturated carbocycles. The van der Waals surface area contributed by atoms with Gasteiger partial charge in [-0.2, -0.15) is 0 Å². The van der Waals surface area contributed by atoms with Gasteiger partial charge in [0.25, 0.3) is 5.56 Å². The summed E-state index contributed by atoms with van der Waals surface area (Å²) in [5.41, 5.74) is 0.670. The number of hydrogen-bond acceptors (Lipinski definition) is 4. The predicted molar refractivity (Wildman–Crippen MR) is 74.9 cm³/mol. The standard InChI is InChI=1S/C13H19N5O2/c1-8(2)10-5-17(13(20)14-12(10)19)7-18-6-11(9(3)4)15-16-18/h5-6,8-9H,7H2,1-4H3,(H,14,19,20). The molecule has 2 rings (SSSR count). The zero-order chi connectivity index (χ0) is 14.9. The molecule has 0 aromatic carbocycles. The van der Waals surface area contributed by atoms with Crippen molar-refractivity contribution in [2.75, 3.05) is 0 Å². The first-order valence-corrected chi connectivity index (χ1v) is 6.62. The molecule has 0 aliphatic carbocycles. The third-order valence-corrected chi connectivity index (χ3v) is 3.11. The second-order valence-corrected chi connectivity index (χ2v) is 5.45. The van der Waals surface area contributed by atoms with Gasteiger partial charge in [-0.05, 0) is 11.8 Å². The fraction of sp³-hybridized carbons (Fsp3) is 0.538. The van der Waals surface area contributed by atoms with Crippen LogP contribution >= 0.6 is 0 Å². The Hall–Kier alpha value is -2.18. The zero-order valence-electron chi connectivity index (χ0n) is 12.1. The van der Waals surface area contributed by atoms with Crippen LogP contribution in [0.25, 0.3) is 0 Å². The summed E-state index contributed by atoms with van der Waals surface area (Å²) in [6, 6.07) is 0. The molecule has 0 bridgehead atoms. The molecule has 0 radical (unpaired) electrons. The van der Waals surface area contributed by atoms with E-state index in [0.29, 0.717) is 5.56 Å². The van der Waals surface area contributed by atoms with Gasteiger partial charge in [0, 0.05) is 11.8 Å². The second-order valence-electron chi connectivity index (χ2n) is 5.45. The first-order chi connectivity index (χ1) is 9.38. The van der Waals surface area contributed by atoms with E-state index in [9.17, 15) is 9.59 Å². The fourth-order valence-electron chi connectivity index (χ4n) is 1.85. The van der Waals surface area contributed by atoms with Crippen LogP contribution in [0.4, 0.5) is 0 Å². The summed E-state index contributed by atoms with van der Waals surface area (Å²) in [7, 11) is 0. The molecule has 108 valence electrons. The lowest BCUT2D eigenvalue weighted by Gasteiger charge is -2.09. The van der Waals surface area contributed by atoms with Gasteiger partial charge in [-0.3, -0.25) is 14.3 Å². The average Bonchev–Trinajstić information content (AvgIpc) is 2.80. The number of H-pyrrole nitrogens is 1. The number of rotatable bonds is 4. The Labute approximate surface area is 116 Å². The molecule has 0 unspecified atom stereocenters. The van der Waals surface area contributed by atoms with Crippen molar-refractivity contribution in [1.82, 2.24) is 24.5 Å². The molecule has 2 aromatic heterocycles. The van der Waals surface area contributed by atoms with Crippen LogP contribution in [0.3, 0.4) is 0 Å². The molecule has 2 heterocycles. The van der Waals surface area contributed by atoms with E-state index < -0.39 is 5.69 Å². The van der Waals surface area contributed by atoms with Crippen molar-refractivity contribution >= 4 is 0 Å². The van der Waals surface area contributed by atoms with E-state index in [2.05, 4.69) is 15.3 Å². The monoisotopic (exact) mass is 277 g/mol.